The lowest BCUT2D eigenvalue weighted by atomic mass is 9.98. The molecule has 0 aromatic heterocycles. The lowest BCUT2D eigenvalue weighted by Crippen LogP contribution is -2.36. The second-order valence-electron chi connectivity index (χ2n) is 2.63. The van der Waals surface area contributed by atoms with Crippen molar-refractivity contribution in [3.05, 3.63) is 0 Å². The molecule has 0 unspecified atom stereocenters. The van der Waals surface area contributed by atoms with Crippen LogP contribution in [-0.4, -0.2) is 17.1 Å². The standard InChI is InChI=1S/C7H15NO2/c1-3-4-5(2)6(8)7(9)10/h5-6H,3-4,8H2,1-2H3,(H,9,10)/t5-,6-/m1/s1. The fraction of sp³-hybridized carbons (Fsp3) is 0.857. The van der Waals surface area contributed by atoms with Gasteiger partial charge in [-0.15, -0.1) is 0 Å². The van der Waals surface area contributed by atoms with Crippen LogP contribution in [0.3, 0.4) is 0 Å². The Morgan fingerprint density at radius 1 is 1.70 bits per heavy atom. The minimum Gasteiger partial charge on any atom is -0.480 e. The van der Waals surface area contributed by atoms with Crippen LogP contribution in [-0.2, 0) is 4.79 Å². The van der Waals surface area contributed by atoms with Crippen LogP contribution in [0.25, 0.3) is 0 Å². The number of carboxylic acids is 1. The molecule has 0 fully saturated rings. The molecule has 0 aliphatic rings. The van der Waals surface area contributed by atoms with Gasteiger partial charge in [0.05, 0.1) is 0 Å². The number of aliphatic carboxylic acids is 1. The highest BCUT2D eigenvalue weighted by Crippen LogP contribution is 2.08. The number of hydrogen-bond donors (Lipinski definition) is 2. The fourth-order valence-corrected chi connectivity index (χ4v) is 0.878. The van der Waals surface area contributed by atoms with Gasteiger partial charge in [-0.05, 0) is 12.3 Å². The number of carbonyl (C=O) groups is 1. The number of rotatable bonds is 4. The zero-order valence-electron chi connectivity index (χ0n) is 6.50. The first kappa shape index (κ1) is 9.43. The Morgan fingerprint density at radius 3 is 2.50 bits per heavy atom. The largest absolute Gasteiger partial charge is 0.480 e. The average Bonchev–Trinajstić information content (AvgIpc) is 1.87. The van der Waals surface area contributed by atoms with Gasteiger partial charge in [-0.25, -0.2) is 0 Å². The molecule has 0 heterocycles. The highest BCUT2D eigenvalue weighted by molar-refractivity contribution is 5.73. The van der Waals surface area contributed by atoms with Crippen LogP contribution in [0.2, 0.25) is 0 Å². The number of hydrogen-bond acceptors (Lipinski definition) is 2. The molecule has 60 valence electrons. The van der Waals surface area contributed by atoms with E-state index in [1.54, 1.807) is 0 Å². The zero-order valence-corrected chi connectivity index (χ0v) is 6.50. The van der Waals surface area contributed by atoms with E-state index in [2.05, 4.69) is 0 Å². The minimum atomic E-state index is -0.902. The summed E-state index contributed by atoms with van der Waals surface area (Å²) in [6.45, 7) is 3.88. The Morgan fingerprint density at radius 2 is 2.20 bits per heavy atom. The van der Waals surface area contributed by atoms with Gasteiger partial charge in [0.2, 0.25) is 0 Å². The Bertz CT molecular complexity index is 114. The lowest BCUT2D eigenvalue weighted by Gasteiger charge is -2.13. The third-order valence-electron chi connectivity index (χ3n) is 1.64. The highest BCUT2D eigenvalue weighted by atomic mass is 16.4. The first-order valence-electron chi connectivity index (χ1n) is 3.58. The summed E-state index contributed by atoms with van der Waals surface area (Å²) >= 11 is 0. The average molecular weight is 145 g/mol. The number of nitrogens with two attached hydrogens (primary N) is 1. The van der Waals surface area contributed by atoms with Crippen LogP contribution in [0.5, 0.6) is 0 Å². The highest BCUT2D eigenvalue weighted by Gasteiger charge is 2.18. The summed E-state index contributed by atoms with van der Waals surface area (Å²) in [4.78, 5) is 10.3. The molecule has 0 saturated carbocycles. The van der Waals surface area contributed by atoms with Crippen molar-refractivity contribution in [2.24, 2.45) is 11.7 Å². The SMILES string of the molecule is CCC[C@@H](C)[C@@H](N)C(=O)O. The summed E-state index contributed by atoms with van der Waals surface area (Å²) in [5.74, 6) is -0.816. The molecular formula is C7H15NO2. The van der Waals surface area contributed by atoms with E-state index < -0.39 is 12.0 Å². The van der Waals surface area contributed by atoms with Gasteiger partial charge in [-0.3, -0.25) is 4.79 Å². The van der Waals surface area contributed by atoms with Gasteiger partial charge in [0.15, 0.2) is 0 Å². The van der Waals surface area contributed by atoms with E-state index in [-0.39, 0.29) is 5.92 Å². The summed E-state index contributed by atoms with van der Waals surface area (Å²) in [6.07, 6.45) is 1.87. The minimum absolute atomic E-state index is 0.0856. The van der Waals surface area contributed by atoms with Crippen molar-refractivity contribution >= 4 is 5.97 Å². The van der Waals surface area contributed by atoms with Gasteiger partial charge in [0.25, 0.3) is 0 Å². The van der Waals surface area contributed by atoms with Gasteiger partial charge in [0.1, 0.15) is 6.04 Å². The van der Waals surface area contributed by atoms with Crippen molar-refractivity contribution in [3.63, 3.8) is 0 Å². The third-order valence-corrected chi connectivity index (χ3v) is 1.64. The molecule has 0 aromatic carbocycles. The predicted molar refractivity (Wildman–Crippen MR) is 39.7 cm³/mol. The van der Waals surface area contributed by atoms with Crippen LogP contribution in [0.1, 0.15) is 26.7 Å². The topological polar surface area (TPSA) is 63.3 Å². The molecule has 0 rings (SSSR count). The van der Waals surface area contributed by atoms with Crippen LogP contribution in [0, 0.1) is 5.92 Å². The van der Waals surface area contributed by atoms with Crippen LogP contribution < -0.4 is 5.73 Å². The van der Waals surface area contributed by atoms with Crippen molar-refractivity contribution in [1.29, 1.82) is 0 Å². The normalized spacial score (nSPS) is 16.3. The van der Waals surface area contributed by atoms with Gasteiger partial charge in [-0.1, -0.05) is 20.3 Å². The second kappa shape index (κ2) is 4.28. The molecule has 0 bridgehead atoms. The quantitative estimate of drug-likeness (QED) is 0.616. The molecule has 0 amide bonds. The molecule has 0 spiro atoms. The summed E-state index contributed by atoms with van der Waals surface area (Å²) in [7, 11) is 0. The molecule has 3 N–H and O–H groups in total. The number of carboxylic acid groups (broad SMARTS) is 1. The Kier molecular flexibility index (Phi) is 4.03. The van der Waals surface area contributed by atoms with E-state index in [1.807, 2.05) is 13.8 Å². The van der Waals surface area contributed by atoms with Crippen molar-refractivity contribution < 1.29 is 9.90 Å². The lowest BCUT2D eigenvalue weighted by molar-refractivity contribution is -0.139. The predicted octanol–water partition coefficient (Wildman–Crippen LogP) is 0.834. The molecular weight excluding hydrogens is 130 g/mol. The molecule has 3 nitrogen and oxygen atoms in total. The Labute approximate surface area is 61.2 Å². The monoisotopic (exact) mass is 145 g/mol. The van der Waals surface area contributed by atoms with E-state index in [9.17, 15) is 4.79 Å². The summed E-state index contributed by atoms with van der Waals surface area (Å²) in [5.41, 5.74) is 5.35. The molecule has 2 atom stereocenters. The molecule has 10 heavy (non-hydrogen) atoms. The van der Waals surface area contributed by atoms with Crippen molar-refractivity contribution in [2.75, 3.05) is 0 Å². The Balaban J connectivity index is 3.69. The Hall–Kier alpha value is -0.570. The second-order valence-corrected chi connectivity index (χ2v) is 2.63. The third kappa shape index (κ3) is 2.82. The van der Waals surface area contributed by atoms with E-state index >= 15 is 0 Å². The van der Waals surface area contributed by atoms with Gasteiger partial charge in [-0.2, -0.15) is 0 Å². The first-order chi connectivity index (χ1) is 4.59. The van der Waals surface area contributed by atoms with E-state index in [4.69, 9.17) is 10.8 Å². The maximum atomic E-state index is 10.3. The maximum absolute atomic E-state index is 10.3. The zero-order chi connectivity index (χ0) is 8.15. The van der Waals surface area contributed by atoms with E-state index in [0.717, 1.165) is 12.8 Å². The fourth-order valence-electron chi connectivity index (χ4n) is 0.878. The molecule has 0 aliphatic heterocycles. The summed E-state index contributed by atoms with van der Waals surface area (Å²) in [5, 5.41) is 8.45. The van der Waals surface area contributed by atoms with Crippen molar-refractivity contribution in [3.8, 4) is 0 Å². The summed E-state index contributed by atoms with van der Waals surface area (Å²) in [6, 6.07) is -0.694. The van der Waals surface area contributed by atoms with E-state index in [1.165, 1.54) is 0 Å². The van der Waals surface area contributed by atoms with Crippen LogP contribution >= 0.6 is 0 Å². The van der Waals surface area contributed by atoms with Gasteiger partial charge < -0.3 is 10.8 Å². The molecule has 0 aromatic rings. The summed E-state index contributed by atoms with van der Waals surface area (Å²) < 4.78 is 0. The van der Waals surface area contributed by atoms with Crippen LogP contribution in [0.4, 0.5) is 0 Å². The van der Waals surface area contributed by atoms with Crippen molar-refractivity contribution in [2.45, 2.75) is 32.7 Å². The molecule has 0 aliphatic carbocycles. The first-order valence-corrected chi connectivity index (χ1v) is 3.58. The maximum Gasteiger partial charge on any atom is 0.320 e. The smallest absolute Gasteiger partial charge is 0.320 e. The van der Waals surface area contributed by atoms with E-state index in [0.29, 0.717) is 0 Å². The van der Waals surface area contributed by atoms with Gasteiger partial charge >= 0.3 is 5.97 Å². The molecule has 0 saturated heterocycles. The van der Waals surface area contributed by atoms with Crippen LogP contribution in [0.15, 0.2) is 0 Å². The molecule has 3 heteroatoms. The molecule has 0 radical (unpaired) electrons. The van der Waals surface area contributed by atoms with Crippen molar-refractivity contribution in [1.82, 2.24) is 0 Å². The van der Waals surface area contributed by atoms with Gasteiger partial charge in [0, 0.05) is 0 Å².